The number of hydrogen-bond acceptors (Lipinski definition) is 5. The number of hydrogen-bond donors (Lipinski definition) is 1. The van der Waals surface area contributed by atoms with Crippen LogP contribution in [0.3, 0.4) is 0 Å². The van der Waals surface area contributed by atoms with Gasteiger partial charge in [0, 0.05) is 32.4 Å². The van der Waals surface area contributed by atoms with Gasteiger partial charge in [-0.25, -0.2) is 13.4 Å². The molecule has 0 spiro atoms. The standard InChI is InChI=1S/C12H19N3O3S/c1-11(10-16)19(17,18)15-8-6-14(7-9-15)12-4-2-3-5-13-12/h2-5,11,16H,6-10H2,1H3. The highest BCUT2D eigenvalue weighted by Gasteiger charge is 2.31. The third-order valence-corrected chi connectivity index (χ3v) is 5.59. The summed E-state index contributed by atoms with van der Waals surface area (Å²) in [5, 5.41) is 8.26. The Morgan fingerprint density at radius 3 is 2.53 bits per heavy atom. The number of aliphatic hydroxyl groups is 1. The van der Waals surface area contributed by atoms with E-state index in [4.69, 9.17) is 5.11 Å². The lowest BCUT2D eigenvalue weighted by molar-refractivity contribution is 0.287. The first-order chi connectivity index (χ1) is 9.05. The van der Waals surface area contributed by atoms with Gasteiger partial charge >= 0.3 is 0 Å². The van der Waals surface area contributed by atoms with E-state index in [1.165, 1.54) is 11.2 Å². The van der Waals surface area contributed by atoms with Crippen LogP contribution in [0.4, 0.5) is 5.82 Å². The lowest BCUT2D eigenvalue weighted by Gasteiger charge is -2.35. The minimum Gasteiger partial charge on any atom is -0.395 e. The molecule has 1 N–H and O–H groups in total. The van der Waals surface area contributed by atoms with Crippen LogP contribution < -0.4 is 4.90 Å². The number of piperazine rings is 1. The molecule has 0 amide bonds. The van der Waals surface area contributed by atoms with Gasteiger partial charge in [-0.2, -0.15) is 4.31 Å². The van der Waals surface area contributed by atoms with Gasteiger partial charge in [0.2, 0.25) is 10.0 Å². The van der Waals surface area contributed by atoms with E-state index in [1.54, 1.807) is 6.20 Å². The molecule has 1 aliphatic heterocycles. The Bertz CT molecular complexity index is 498. The molecule has 1 unspecified atom stereocenters. The van der Waals surface area contributed by atoms with Crippen molar-refractivity contribution in [3.8, 4) is 0 Å². The smallest absolute Gasteiger partial charge is 0.219 e. The molecule has 0 aromatic carbocycles. The summed E-state index contributed by atoms with van der Waals surface area (Å²) >= 11 is 0. The van der Waals surface area contributed by atoms with Crippen molar-refractivity contribution in [3.63, 3.8) is 0 Å². The number of aliphatic hydroxyl groups excluding tert-OH is 1. The van der Waals surface area contributed by atoms with Crippen molar-refractivity contribution in [1.29, 1.82) is 0 Å². The Morgan fingerprint density at radius 1 is 1.32 bits per heavy atom. The summed E-state index contributed by atoms with van der Waals surface area (Å²) in [6.45, 7) is 3.29. The van der Waals surface area contributed by atoms with Crippen molar-refractivity contribution in [2.45, 2.75) is 12.2 Å². The number of rotatable bonds is 4. The Labute approximate surface area is 113 Å². The van der Waals surface area contributed by atoms with Gasteiger partial charge in [-0.15, -0.1) is 0 Å². The molecule has 0 aliphatic carbocycles. The maximum atomic E-state index is 12.1. The maximum Gasteiger partial charge on any atom is 0.219 e. The number of sulfonamides is 1. The fourth-order valence-electron chi connectivity index (χ4n) is 2.06. The molecule has 2 rings (SSSR count). The SMILES string of the molecule is CC(CO)S(=O)(=O)N1CCN(c2ccccn2)CC1. The first kappa shape index (κ1) is 14.2. The summed E-state index contributed by atoms with van der Waals surface area (Å²) in [4.78, 5) is 6.32. The zero-order chi connectivity index (χ0) is 13.9. The van der Waals surface area contributed by atoms with Crippen molar-refractivity contribution < 1.29 is 13.5 Å². The summed E-state index contributed by atoms with van der Waals surface area (Å²) in [5.41, 5.74) is 0. The third kappa shape index (κ3) is 3.05. The van der Waals surface area contributed by atoms with Gasteiger partial charge in [-0.05, 0) is 19.1 Å². The fourth-order valence-corrected chi connectivity index (χ4v) is 3.43. The fraction of sp³-hybridized carbons (Fsp3) is 0.583. The van der Waals surface area contributed by atoms with Crippen LogP contribution in [0.25, 0.3) is 0 Å². The zero-order valence-electron chi connectivity index (χ0n) is 10.9. The van der Waals surface area contributed by atoms with Crippen molar-refractivity contribution >= 4 is 15.8 Å². The minimum atomic E-state index is -3.38. The molecule has 0 radical (unpaired) electrons. The van der Waals surface area contributed by atoms with Gasteiger partial charge in [0.15, 0.2) is 0 Å². The Morgan fingerprint density at radius 2 is 2.00 bits per heavy atom. The zero-order valence-corrected chi connectivity index (χ0v) is 11.8. The summed E-state index contributed by atoms with van der Waals surface area (Å²) in [5.74, 6) is 0.870. The highest BCUT2D eigenvalue weighted by Crippen LogP contribution is 2.16. The molecule has 1 aromatic heterocycles. The molecular weight excluding hydrogens is 266 g/mol. The molecule has 1 fully saturated rings. The highest BCUT2D eigenvalue weighted by molar-refractivity contribution is 7.89. The second-order valence-electron chi connectivity index (χ2n) is 4.61. The molecule has 2 heterocycles. The molecule has 1 aliphatic rings. The first-order valence-corrected chi connectivity index (χ1v) is 7.82. The molecular formula is C12H19N3O3S. The lowest BCUT2D eigenvalue weighted by Crippen LogP contribution is -2.51. The monoisotopic (exact) mass is 285 g/mol. The molecule has 0 saturated carbocycles. The van der Waals surface area contributed by atoms with Crippen LogP contribution in [0.2, 0.25) is 0 Å². The maximum absolute atomic E-state index is 12.1. The Kier molecular flexibility index (Phi) is 4.38. The largest absolute Gasteiger partial charge is 0.395 e. The van der Waals surface area contributed by atoms with Crippen molar-refractivity contribution in [2.24, 2.45) is 0 Å². The van der Waals surface area contributed by atoms with Crippen molar-refractivity contribution in [3.05, 3.63) is 24.4 Å². The van der Waals surface area contributed by atoms with E-state index in [0.717, 1.165) is 5.82 Å². The normalized spacial score (nSPS) is 19.4. The van der Waals surface area contributed by atoms with Crippen LogP contribution in [-0.2, 0) is 10.0 Å². The van der Waals surface area contributed by atoms with Gasteiger partial charge in [-0.3, -0.25) is 0 Å². The summed E-state index contributed by atoms with van der Waals surface area (Å²) in [7, 11) is -3.38. The van der Waals surface area contributed by atoms with Crippen LogP contribution in [0.15, 0.2) is 24.4 Å². The van der Waals surface area contributed by atoms with Gasteiger partial charge in [0.25, 0.3) is 0 Å². The predicted octanol–water partition coefficient (Wildman–Crippen LogP) is -0.0858. The van der Waals surface area contributed by atoms with E-state index >= 15 is 0 Å². The summed E-state index contributed by atoms with van der Waals surface area (Å²) in [6, 6.07) is 5.69. The number of nitrogens with zero attached hydrogens (tertiary/aromatic N) is 3. The number of pyridine rings is 1. The van der Waals surface area contributed by atoms with E-state index in [1.807, 2.05) is 18.2 Å². The topological polar surface area (TPSA) is 73.7 Å². The van der Waals surface area contributed by atoms with Gasteiger partial charge in [0.05, 0.1) is 11.9 Å². The molecule has 19 heavy (non-hydrogen) atoms. The molecule has 0 bridgehead atoms. The number of anilines is 1. The Hall–Kier alpha value is -1.18. The predicted molar refractivity (Wildman–Crippen MR) is 73.5 cm³/mol. The lowest BCUT2D eigenvalue weighted by atomic mass is 10.3. The average Bonchev–Trinajstić information content (AvgIpc) is 2.47. The van der Waals surface area contributed by atoms with Crippen LogP contribution in [0, 0.1) is 0 Å². The van der Waals surface area contributed by atoms with E-state index in [2.05, 4.69) is 9.88 Å². The van der Waals surface area contributed by atoms with Crippen molar-refractivity contribution in [1.82, 2.24) is 9.29 Å². The van der Waals surface area contributed by atoms with E-state index in [0.29, 0.717) is 26.2 Å². The van der Waals surface area contributed by atoms with Crippen LogP contribution >= 0.6 is 0 Å². The molecule has 1 aromatic rings. The van der Waals surface area contributed by atoms with Crippen LogP contribution in [-0.4, -0.2) is 60.8 Å². The van der Waals surface area contributed by atoms with Crippen LogP contribution in [0.5, 0.6) is 0 Å². The van der Waals surface area contributed by atoms with E-state index < -0.39 is 15.3 Å². The molecule has 6 nitrogen and oxygen atoms in total. The van der Waals surface area contributed by atoms with Gasteiger partial charge in [-0.1, -0.05) is 6.07 Å². The van der Waals surface area contributed by atoms with Gasteiger partial charge < -0.3 is 10.0 Å². The third-order valence-electron chi connectivity index (χ3n) is 3.34. The molecule has 7 heteroatoms. The van der Waals surface area contributed by atoms with Gasteiger partial charge in [0.1, 0.15) is 5.82 Å². The average molecular weight is 285 g/mol. The quantitative estimate of drug-likeness (QED) is 0.837. The Balaban J connectivity index is 2.00. The minimum absolute atomic E-state index is 0.344. The molecule has 1 atom stereocenters. The van der Waals surface area contributed by atoms with E-state index in [-0.39, 0.29) is 6.61 Å². The molecule has 1 saturated heterocycles. The summed E-state index contributed by atoms with van der Waals surface area (Å²) < 4.78 is 25.6. The van der Waals surface area contributed by atoms with Crippen LogP contribution in [0.1, 0.15) is 6.92 Å². The van der Waals surface area contributed by atoms with Crippen molar-refractivity contribution in [2.75, 3.05) is 37.7 Å². The molecule has 106 valence electrons. The highest BCUT2D eigenvalue weighted by atomic mass is 32.2. The van der Waals surface area contributed by atoms with E-state index in [9.17, 15) is 8.42 Å². The second-order valence-corrected chi connectivity index (χ2v) is 6.96. The first-order valence-electron chi connectivity index (χ1n) is 6.31. The number of aromatic nitrogens is 1. The summed E-state index contributed by atoms with van der Waals surface area (Å²) in [6.07, 6.45) is 1.73. The second kappa shape index (κ2) is 5.85.